The summed E-state index contributed by atoms with van der Waals surface area (Å²) in [6.45, 7) is 1.17. The van der Waals surface area contributed by atoms with Gasteiger partial charge in [-0.25, -0.2) is 0 Å². The van der Waals surface area contributed by atoms with E-state index in [2.05, 4.69) is 0 Å². The smallest absolute Gasteiger partial charge is 0.548 e. The summed E-state index contributed by atoms with van der Waals surface area (Å²) >= 11 is 0. The summed E-state index contributed by atoms with van der Waals surface area (Å²) in [5.74, 6) is -2.37. The van der Waals surface area contributed by atoms with Gasteiger partial charge in [-0.3, -0.25) is 0 Å². The van der Waals surface area contributed by atoms with E-state index in [1.54, 1.807) is 0 Å². The first-order valence-electron chi connectivity index (χ1n) is 6.69. The van der Waals surface area contributed by atoms with Gasteiger partial charge in [-0.2, -0.15) is 0 Å². The van der Waals surface area contributed by atoms with Crippen LogP contribution in [0.3, 0.4) is 0 Å². The maximum atomic E-state index is 10.0. The van der Waals surface area contributed by atoms with E-state index in [0.29, 0.717) is 25.9 Å². The zero-order valence-electron chi connectivity index (χ0n) is 14.3. The second kappa shape index (κ2) is 25.0. The number of aliphatic carboxylic acids is 2. The Morgan fingerprint density at radius 1 is 0.739 bits per heavy atom. The third-order valence-electron chi connectivity index (χ3n) is 2.54. The molecule has 0 aliphatic rings. The van der Waals surface area contributed by atoms with Gasteiger partial charge in [0.25, 0.3) is 0 Å². The molecule has 23 heavy (non-hydrogen) atoms. The van der Waals surface area contributed by atoms with Gasteiger partial charge in [-0.15, -0.1) is 0 Å². The van der Waals surface area contributed by atoms with Gasteiger partial charge in [-0.1, -0.05) is 12.8 Å². The molecule has 0 saturated carbocycles. The number of hydrogen-bond donors (Lipinski definition) is 4. The fraction of sp³-hybridized carbons (Fsp3) is 0.833. The molecular formula is C12H28N4Na2O5. The summed E-state index contributed by atoms with van der Waals surface area (Å²) in [7, 11) is 0. The van der Waals surface area contributed by atoms with Crippen molar-refractivity contribution in [3.05, 3.63) is 0 Å². The van der Waals surface area contributed by atoms with Crippen LogP contribution >= 0.6 is 0 Å². The molecular weight excluding hydrogens is 326 g/mol. The normalized spacial score (nSPS) is 11.3. The molecule has 10 N–H and O–H groups in total. The Morgan fingerprint density at radius 2 is 1.00 bits per heavy atom. The fourth-order valence-corrected chi connectivity index (χ4v) is 1.25. The van der Waals surface area contributed by atoms with Crippen LogP contribution in [0.15, 0.2) is 0 Å². The second-order valence-corrected chi connectivity index (χ2v) is 4.42. The quantitative estimate of drug-likeness (QED) is 0.217. The largest absolute Gasteiger partial charge is 1.00 e. The molecule has 0 saturated heterocycles. The number of rotatable bonds is 10. The summed E-state index contributed by atoms with van der Waals surface area (Å²) in [5.41, 5.74) is 20.7. The summed E-state index contributed by atoms with van der Waals surface area (Å²) in [6, 6.07) is -1.65. The van der Waals surface area contributed by atoms with Crippen molar-refractivity contribution in [2.24, 2.45) is 22.9 Å². The minimum absolute atomic E-state index is 0. The molecule has 0 fully saturated rings. The van der Waals surface area contributed by atoms with E-state index in [9.17, 15) is 19.8 Å². The average molecular weight is 354 g/mol. The van der Waals surface area contributed by atoms with Crippen molar-refractivity contribution in [1.82, 2.24) is 0 Å². The number of carbonyl (C=O) groups excluding carboxylic acids is 2. The Kier molecular flexibility index (Phi) is 38.0. The molecule has 0 spiro atoms. The molecule has 0 radical (unpaired) electrons. The zero-order chi connectivity index (χ0) is 16.0. The second-order valence-electron chi connectivity index (χ2n) is 4.42. The maximum Gasteiger partial charge on any atom is 1.00 e. The van der Waals surface area contributed by atoms with Crippen LogP contribution in [0.1, 0.15) is 38.5 Å². The molecule has 2 atom stereocenters. The van der Waals surface area contributed by atoms with E-state index >= 15 is 0 Å². The third-order valence-corrected chi connectivity index (χ3v) is 2.54. The summed E-state index contributed by atoms with van der Waals surface area (Å²) in [4.78, 5) is 20.1. The van der Waals surface area contributed by atoms with Gasteiger partial charge < -0.3 is 48.2 Å². The van der Waals surface area contributed by atoms with Gasteiger partial charge in [0, 0.05) is 12.1 Å². The van der Waals surface area contributed by atoms with E-state index in [-0.39, 0.29) is 64.6 Å². The van der Waals surface area contributed by atoms with Gasteiger partial charge >= 0.3 is 59.1 Å². The van der Waals surface area contributed by atoms with Crippen LogP contribution in [0.5, 0.6) is 0 Å². The predicted molar refractivity (Wildman–Crippen MR) is 75.4 cm³/mol. The fourth-order valence-electron chi connectivity index (χ4n) is 1.25. The molecule has 0 heterocycles. The number of carboxylic acid groups (broad SMARTS) is 2. The van der Waals surface area contributed by atoms with E-state index in [1.165, 1.54) is 0 Å². The van der Waals surface area contributed by atoms with E-state index < -0.39 is 24.0 Å². The molecule has 0 aromatic carbocycles. The molecule has 0 aromatic rings. The van der Waals surface area contributed by atoms with Gasteiger partial charge in [0.1, 0.15) is 0 Å². The van der Waals surface area contributed by atoms with Crippen molar-refractivity contribution in [1.29, 1.82) is 0 Å². The van der Waals surface area contributed by atoms with Gasteiger partial charge in [0.05, 0.1) is 11.9 Å². The van der Waals surface area contributed by atoms with E-state index in [0.717, 1.165) is 25.7 Å². The van der Waals surface area contributed by atoms with Crippen LogP contribution < -0.4 is 92.3 Å². The van der Waals surface area contributed by atoms with Crippen LogP contribution in [0, 0.1) is 0 Å². The minimum Gasteiger partial charge on any atom is -0.548 e. The monoisotopic (exact) mass is 354 g/mol. The maximum absolute atomic E-state index is 10.0. The van der Waals surface area contributed by atoms with Crippen molar-refractivity contribution in [3.8, 4) is 0 Å². The Hall–Kier alpha value is 0.740. The van der Waals surface area contributed by atoms with Crippen LogP contribution in [-0.2, 0) is 9.59 Å². The van der Waals surface area contributed by atoms with Crippen molar-refractivity contribution in [3.63, 3.8) is 0 Å². The first-order valence-corrected chi connectivity index (χ1v) is 6.69. The molecule has 9 nitrogen and oxygen atoms in total. The number of hydrogen-bond acceptors (Lipinski definition) is 8. The summed E-state index contributed by atoms with van der Waals surface area (Å²) in [6.07, 6.45) is 4.07. The predicted octanol–water partition coefficient (Wildman–Crippen LogP) is -10.4. The SMILES string of the molecule is NCCCC[C@H](N)C(=O)[O-].NCCCC[C@H](N)C(=O)[O-].O.[Na+].[Na+]. The topological polar surface area (TPSA) is 216 Å². The third kappa shape index (κ3) is 27.9. The Bertz CT molecular complexity index is 250. The first kappa shape index (κ1) is 35.0. The molecule has 0 unspecified atom stereocenters. The van der Waals surface area contributed by atoms with E-state index in [4.69, 9.17) is 22.9 Å². The zero-order valence-corrected chi connectivity index (χ0v) is 18.3. The van der Waals surface area contributed by atoms with Crippen LogP contribution in [0.25, 0.3) is 0 Å². The molecule has 0 rings (SSSR count). The van der Waals surface area contributed by atoms with Crippen LogP contribution in [0.2, 0.25) is 0 Å². The number of unbranched alkanes of at least 4 members (excludes halogenated alkanes) is 2. The number of nitrogens with two attached hydrogens (primary N) is 4. The van der Waals surface area contributed by atoms with Gasteiger partial charge in [0.2, 0.25) is 0 Å². The van der Waals surface area contributed by atoms with Crippen LogP contribution in [0.4, 0.5) is 0 Å². The van der Waals surface area contributed by atoms with E-state index in [1.807, 2.05) is 0 Å². The molecule has 11 heteroatoms. The first-order chi connectivity index (χ1) is 9.36. The molecule has 0 aromatic heterocycles. The summed E-state index contributed by atoms with van der Waals surface area (Å²) < 4.78 is 0. The molecule has 0 aliphatic heterocycles. The summed E-state index contributed by atoms with van der Waals surface area (Å²) in [5, 5.41) is 20.1. The molecule has 128 valence electrons. The van der Waals surface area contributed by atoms with Crippen molar-refractivity contribution < 1.29 is 84.4 Å². The molecule has 0 amide bonds. The van der Waals surface area contributed by atoms with Gasteiger partial charge in [0.15, 0.2) is 0 Å². The number of carbonyl (C=O) groups is 2. The number of carboxylic acids is 2. The molecule has 0 aliphatic carbocycles. The molecule has 0 bridgehead atoms. The van der Waals surface area contributed by atoms with Crippen molar-refractivity contribution in [2.45, 2.75) is 50.6 Å². The Balaban J connectivity index is -0.0000000831. The van der Waals surface area contributed by atoms with Crippen molar-refractivity contribution >= 4 is 11.9 Å². The average Bonchev–Trinajstić information content (AvgIpc) is 2.39. The Morgan fingerprint density at radius 3 is 1.17 bits per heavy atom. The van der Waals surface area contributed by atoms with Gasteiger partial charge in [-0.05, 0) is 38.8 Å². The Labute approximate surface area is 181 Å². The standard InChI is InChI=1S/2C6H14N2O2.2Na.H2O/c2*7-4-2-1-3-5(8)6(9)10;;;/h2*5H,1-4,7-8H2,(H,9,10);;;1H2/q;;2*+1;/p-2/t2*5-;;;/m00.../s1. The minimum atomic E-state index is -1.18. The van der Waals surface area contributed by atoms with Crippen molar-refractivity contribution in [2.75, 3.05) is 13.1 Å². The van der Waals surface area contributed by atoms with Crippen LogP contribution in [-0.4, -0.2) is 42.6 Å².